The first-order valence-electron chi connectivity index (χ1n) is 4.46. The first-order valence-corrected chi connectivity index (χ1v) is 5.44. The molecule has 0 radical (unpaired) electrons. The van der Waals surface area contributed by atoms with Gasteiger partial charge >= 0.3 is 0 Å². The molecule has 0 spiro atoms. The summed E-state index contributed by atoms with van der Waals surface area (Å²) >= 11 is 1.59. The maximum Gasteiger partial charge on any atom is 0.255 e. The van der Waals surface area contributed by atoms with Gasteiger partial charge in [-0.15, -0.1) is 0 Å². The largest absolute Gasteiger partial charge is 0.368 e. The standard InChI is InChI=1S/C8H12N2O2S/c11-7(6-2-1-4-12-6)10-8-9-3-5-13-8/h6H,1-5H2,(H,9,10,11). The van der Waals surface area contributed by atoms with E-state index in [0.717, 1.165) is 30.3 Å². The summed E-state index contributed by atoms with van der Waals surface area (Å²) in [6.07, 6.45) is 1.57. The Balaban J connectivity index is 1.83. The summed E-state index contributed by atoms with van der Waals surface area (Å²) in [4.78, 5) is 15.6. The predicted octanol–water partition coefficient (Wildman–Crippen LogP) is 0.384. The number of nitrogens with one attached hydrogen (secondary N) is 1. The van der Waals surface area contributed by atoms with Gasteiger partial charge < -0.3 is 10.1 Å². The molecule has 2 aliphatic rings. The highest BCUT2D eigenvalue weighted by molar-refractivity contribution is 8.14. The van der Waals surface area contributed by atoms with Gasteiger partial charge in [-0.3, -0.25) is 9.79 Å². The molecule has 2 rings (SSSR count). The molecule has 1 atom stereocenters. The lowest BCUT2D eigenvalue weighted by Gasteiger charge is -2.08. The van der Waals surface area contributed by atoms with Crippen LogP contribution in [0.5, 0.6) is 0 Å². The van der Waals surface area contributed by atoms with Crippen molar-refractivity contribution in [1.29, 1.82) is 0 Å². The molecule has 1 fully saturated rings. The van der Waals surface area contributed by atoms with E-state index in [4.69, 9.17) is 4.74 Å². The number of ether oxygens (including phenoxy) is 1. The van der Waals surface area contributed by atoms with Crippen LogP contribution in [0, 0.1) is 0 Å². The van der Waals surface area contributed by atoms with Crippen molar-refractivity contribution in [1.82, 2.24) is 5.32 Å². The minimum absolute atomic E-state index is 0.0364. The quantitative estimate of drug-likeness (QED) is 0.666. The van der Waals surface area contributed by atoms with E-state index in [2.05, 4.69) is 10.3 Å². The van der Waals surface area contributed by atoms with E-state index < -0.39 is 0 Å². The number of carbonyl (C=O) groups is 1. The van der Waals surface area contributed by atoms with Gasteiger partial charge in [-0.25, -0.2) is 0 Å². The molecule has 0 aromatic rings. The van der Waals surface area contributed by atoms with Crippen molar-refractivity contribution < 1.29 is 9.53 Å². The van der Waals surface area contributed by atoms with Gasteiger partial charge in [0.25, 0.3) is 5.91 Å². The summed E-state index contributed by atoms with van der Waals surface area (Å²) in [5.41, 5.74) is 0. The van der Waals surface area contributed by atoms with Gasteiger partial charge in [-0.05, 0) is 12.8 Å². The lowest BCUT2D eigenvalue weighted by Crippen LogP contribution is -2.36. The zero-order chi connectivity index (χ0) is 9.10. The van der Waals surface area contributed by atoms with Gasteiger partial charge in [0.1, 0.15) is 6.10 Å². The maximum absolute atomic E-state index is 11.5. The molecule has 1 amide bonds. The van der Waals surface area contributed by atoms with E-state index in [1.807, 2.05) is 0 Å². The van der Waals surface area contributed by atoms with E-state index >= 15 is 0 Å². The normalized spacial score (nSPS) is 27.4. The van der Waals surface area contributed by atoms with Gasteiger partial charge in [-0.2, -0.15) is 0 Å². The van der Waals surface area contributed by atoms with Crippen molar-refractivity contribution >= 4 is 22.8 Å². The van der Waals surface area contributed by atoms with E-state index in [-0.39, 0.29) is 12.0 Å². The van der Waals surface area contributed by atoms with Gasteiger partial charge in [0, 0.05) is 12.4 Å². The van der Waals surface area contributed by atoms with Crippen molar-refractivity contribution in [3.8, 4) is 0 Å². The summed E-state index contributed by atoms with van der Waals surface area (Å²) in [5, 5.41) is 3.52. The summed E-state index contributed by atoms with van der Waals surface area (Å²) < 4.78 is 5.25. The molecule has 4 nitrogen and oxygen atoms in total. The van der Waals surface area contributed by atoms with Crippen molar-refractivity contribution in [2.45, 2.75) is 18.9 Å². The summed E-state index contributed by atoms with van der Waals surface area (Å²) in [7, 11) is 0. The number of nitrogens with zero attached hydrogens (tertiary/aromatic N) is 1. The Bertz CT molecular complexity index is 236. The first kappa shape index (κ1) is 9.02. The van der Waals surface area contributed by atoms with Crippen LogP contribution in [0.15, 0.2) is 4.99 Å². The lowest BCUT2D eigenvalue weighted by atomic mass is 10.2. The van der Waals surface area contributed by atoms with Crippen LogP contribution in [0.1, 0.15) is 12.8 Å². The Hall–Kier alpha value is -0.550. The highest BCUT2D eigenvalue weighted by Gasteiger charge is 2.24. The van der Waals surface area contributed by atoms with E-state index in [1.54, 1.807) is 11.8 Å². The number of carbonyl (C=O) groups excluding carboxylic acids is 1. The van der Waals surface area contributed by atoms with Crippen molar-refractivity contribution in [2.24, 2.45) is 4.99 Å². The van der Waals surface area contributed by atoms with Crippen LogP contribution in [-0.2, 0) is 9.53 Å². The number of amides is 1. The molecule has 2 aliphatic heterocycles. The van der Waals surface area contributed by atoms with Crippen molar-refractivity contribution in [3.05, 3.63) is 0 Å². The molecule has 0 bridgehead atoms. The monoisotopic (exact) mass is 200 g/mol. The number of thioether (sulfide) groups is 1. The predicted molar refractivity (Wildman–Crippen MR) is 51.9 cm³/mol. The lowest BCUT2D eigenvalue weighted by molar-refractivity contribution is -0.128. The second kappa shape index (κ2) is 4.11. The minimum atomic E-state index is -0.246. The van der Waals surface area contributed by atoms with Crippen molar-refractivity contribution in [2.75, 3.05) is 18.9 Å². The van der Waals surface area contributed by atoms with E-state index in [9.17, 15) is 4.79 Å². The van der Waals surface area contributed by atoms with E-state index in [0.29, 0.717) is 6.61 Å². The van der Waals surface area contributed by atoms with Crippen LogP contribution >= 0.6 is 11.8 Å². The Labute approximate surface area is 81.1 Å². The number of rotatable bonds is 1. The molecule has 13 heavy (non-hydrogen) atoms. The minimum Gasteiger partial charge on any atom is -0.368 e. The fraction of sp³-hybridized carbons (Fsp3) is 0.750. The van der Waals surface area contributed by atoms with Crippen LogP contribution in [0.25, 0.3) is 0 Å². The van der Waals surface area contributed by atoms with Gasteiger partial charge in [0.15, 0.2) is 5.17 Å². The molecular weight excluding hydrogens is 188 g/mol. The van der Waals surface area contributed by atoms with Crippen LogP contribution in [0.2, 0.25) is 0 Å². The third kappa shape index (κ3) is 2.22. The second-order valence-electron chi connectivity index (χ2n) is 3.03. The second-order valence-corrected chi connectivity index (χ2v) is 4.11. The molecule has 5 heteroatoms. The Morgan fingerprint density at radius 2 is 2.62 bits per heavy atom. The molecule has 0 saturated carbocycles. The molecule has 2 heterocycles. The Morgan fingerprint density at radius 3 is 3.23 bits per heavy atom. The number of amidine groups is 1. The topological polar surface area (TPSA) is 50.7 Å². The molecule has 0 aromatic carbocycles. The SMILES string of the molecule is O=C(NC1=NCCS1)C1CCCO1. The highest BCUT2D eigenvalue weighted by Crippen LogP contribution is 2.14. The molecule has 1 unspecified atom stereocenters. The first-order chi connectivity index (χ1) is 6.36. The zero-order valence-corrected chi connectivity index (χ0v) is 8.10. The highest BCUT2D eigenvalue weighted by atomic mass is 32.2. The fourth-order valence-corrected chi connectivity index (χ4v) is 2.11. The van der Waals surface area contributed by atoms with E-state index in [1.165, 1.54) is 0 Å². The molecule has 0 aliphatic carbocycles. The number of aliphatic imine (C=N–C) groups is 1. The average Bonchev–Trinajstić information content (AvgIpc) is 2.74. The van der Waals surface area contributed by atoms with Crippen LogP contribution in [-0.4, -0.2) is 36.1 Å². The van der Waals surface area contributed by atoms with Gasteiger partial charge in [0.05, 0.1) is 6.54 Å². The summed E-state index contributed by atoms with van der Waals surface area (Å²) in [6.45, 7) is 1.52. The van der Waals surface area contributed by atoms with Crippen molar-refractivity contribution in [3.63, 3.8) is 0 Å². The molecule has 72 valence electrons. The third-order valence-electron chi connectivity index (χ3n) is 2.04. The molecule has 1 saturated heterocycles. The molecule has 1 N–H and O–H groups in total. The maximum atomic E-state index is 11.5. The third-order valence-corrected chi connectivity index (χ3v) is 2.93. The number of hydrogen-bond donors (Lipinski definition) is 1. The molecular formula is C8H12N2O2S. The smallest absolute Gasteiger partial charge is 0.255 e. The number of hydrogen-bond acceptors (Lipinski definition) is 4. The van der Waals surface area contributed by atoms with Crippen LogP contribution < -0.4 is 5.32 Å². The average molecular weight is 200 g/mol. The molecule has 0 aromatic heterocycles. The zero-order valence-electron chi connectivity index (χ0n) is 7.28. The Kier molecular flexibility index (Phi) is 2.85. The summed E-state index contributed by atoms with van der Waals surface area (Å²) in [5.74, 6) is 0.937. The van der Waals surface area contributed by atoms with Crippen LogP contribution in [0.3, 0.4) is 0 Å². The fourth-order valence-electron chi connectivity index (χ4n) is 1.38. The van der Waals surface area contributed by atoms with Gasteiger partial charge in [0.2, 0.25) is 0 Å². The summed E-state index contributed by atoms with van der Waals surface area (Å²) in [6, 6.07) is 0. The van der Waals surface area contributed by atoms with Gasteiger partial charge in [-0.1, -0.05) is 11.8 Å². The van der Waals surface area contributed by atoms with Crippen LogP contribution in [0.4, 0.5) is 0 Å². The Morgan fingerprint density at radius 1 is 1.69 bits per heavy atom.